The fourth-order valence-electron chi connectivity index (χ4n) is 5.63. The van der Waals surface area contributed by atoms with E-state index in [1.54, 1.807) is 26.0 Å². The molecule has 4 rings (SSSR count). The fraction of sp³-hybridized carbons (Fsp3) is 0.533. The SMILES string of the molecule is CCOC(=O)N1CCC(Nc2cc(C)c(-c3cc(OC)cc(OC)c3)c(COC3CCCC3)c2)(C(=O)O)CC1. The highest BCUT2D eigenvalue weighted by Gasteiger charge is 2.43. The summed E-state index contributed by atoms with van der Waals surface area (Å²) in [5.41, 5.74) is 3.41. The molecule has 2 aromatic carbocycles. The van der Waals surface area contributed by atoms with Gasteiger partial charge in [-0.05, 0) is 86.1 Å². The molecule has 0 atom stereocenters. The molecule has 2 aliphatic rings. The lowest BCUT2D eigenvalue weighted by Crippen LogP contribution is -2.55. The van der Waals surface area contributed by atoms with E-state index in [1.165, 1.54) is 12.8 Å². The Morgan fingerprint density at radius 2 is 1.67 bits per heavy atom. The summed E-state index contributed by atoms with van der Waals surface area (Å²) in [4.78, 5) is 26.3. The summed E-state index contributed by atoms with van der Waals surface area (Å²) in [7, 11) is 3.25. The Labute approximate surface area is 230 Å². The van der Waals surface area contributed by atoms with Crippen LogP contribution in [0.3, 0.4) is 0 Å². The zero-order valence-corrected chi connectivity index (χ0v) is 23.4. The number of carbonyl (C=O) groups excluding carboxylic acids is 1. The van der Waals surface area contributed by atoms with Gasteiger partial charge in [-0.2, -0.15) is 0 Å². The zero-order chi connectivity index (χ0) is 28.0. The van der Waals surface area contributed by atoms with Crippen LogP contribution in [0, 0.1) is 6.92 Å². The van der Waals surface area contributed by atoms with Crippen molar-refractivity contribution >= 4 is 17.7 Å². The van der Waals surface area contributed by atoms with Crippen LogP contribution in [-0.4, -0.2) is 67.6 Å². The van der Waals surface area contributed by atoms with Crippen molar-refractivity contribution in [2.75, 3.05) is 39.2 Å². The van der Waals surface area contributed by atoms with Crippen molar-refractivity contribution in [1.82, 2.24) is 4.90 Å². The molecule has 9 nitrogen and oxygen atoms in total. The molecule has 1 aliphatic heterocycles. The van der Waals surface area contributed by atoms with Crippen molar-refractivity contribution in [2.24, 2.45) is 0 Å². The molecule has 212 valence electrons. The van der Waals surface area contributed by atoms with Gasteiger partial charge in [-0.3, -0.25) is 0 Å². The highest BCUT2D eigenvalue weighted by atomic mass is 16.6. The van der Waals surface area contributed by atoms with Crippen LogP contribution in [0.25, 0.3) is 11.1 Å². The number of carboxylic acid groups (broad SMARTS) is 1. The van der Waals surface area contributed by atoms with Crippen LogP contribution < -0.4 is 14.8 Å². The predicted octanol–water partition coefficient (Wildman–Crippen LogP) is 5.63. The summed E-state index contributed by atoms with van der Waals surface area (Å²) in [6.07, 6.45) is 4.82. The van der Waals surface area contributed by atoms with E-state index < -0.39 is 17.6 Å². The number of piperidine rings is 1. The lowest BCUT2D eigenvalue weighted by molar-refractivity contribution is -0.144. The molecule has 0 radical (unpaired) electrons. The number of anilines is 1. The Morgan fingerprint density at radius 1 is 1.03 bits per heavy atom. The molecule has 0 aromatic heterocycles. The van der Waals surface area contributed by atoms with Gasteiger partial charge in [-0.25, -0.2) is 9.59 Å². The first-order valence-electron chi connectivity index (χ1n) is 13.7. The zero-order valence-electron chi connectivity index (χ0n) is 23.4. The molecule has 2 N–H and O–H groups in total. The molecule has 1 aliphatic carbocycles. The lowest BCUT2D eigenvalue weighted by Gasteiger charge is -2.39. The molecule has 0 unspecified atom stereocenters. The van der Waals surface area contributed by atoms with Gasteiger partial charge >= 0.3 is 12.1 Å². The Balaban J connectivity index is 1.67. The van der Waals surface area contributed by atoms with Crippen LogP contribution in [0.2, 0.25) is 0 Å². The van der Waals surface area contributed by atoms with E-state index in [0.29, 0.717) is 36.9 Å². The summed E-state index contributed by atoms with van der Waals surface area (Å²) in [5.74, 6) is 0.438. The number of aryl methyl sites for hydroxylation is 1. The number of benzene rings is 2. The van der Waals surface area contributed by atoms with Crippen molar-refractivity contribution in [1.29, 1.82) is 0 Å². The van der Waals surface area contributed by atoms with E-state index in [4.69, 9.17) is 18.9 Å². The molecule has 1 saturated carbocycles. The number of likely N-dealkylation sites (tertiary alicyclic amines) is 1. The molecule has 1 amide bonds. The largest absolute Gasteiger partial charge is 0.497 e. The van der Waals surface area contributed by atoms with Crippen LogP contribution in [0.15, 0.2) is 30.3 Å². The molecular formula is C30H40N2O7. The quantitative estimate of drug-likeness (QED) is 0.400. The number of carboxylic acids is 1. The summed E-state index contributed by atoms with van der Waals surface area (Å²) in [5, 5.41) is 13.6. The number of ether oxygens (including phenoxy) is 4. The van der Waals surface area contributed by atoms with Crippen molar-refractivity contribution < 1.29 is 33.6 Å². The molecule has 9 heteroatoms. The maximum atomic E-state index is 12.5. The Kier molecular flexibility index (Phi) is 9.22. The minimum absolute atomic E-state index is 0.229. The van der Waals surface area contributed by atoms with E-state index in [0.717, 1.165) is 35.1 Å². The van der Waals surface area contributed by atoms with E-state index >= 15 is 0 Å². The normalized spacial score (nSPS) is 17.1. The van der Waals surface area contributed by atoms with Gasteiger partial charge in [0.15, 0.2) is 0 Å². The number of hydrogen-bond acceptors (Lipinski definition) is 7. The molecule has 0 bridgehead atoms. The van der Waals surface area contributed by atoms with Gasteiger partial charge in [0.05, 0.1) is 33.5 Å². The average molecular weight is 541 g/mol. The number of methoxy groups -OCH3 is 2. The predicted molar refractivity (Wildman–Crippen MR) is 149 cm³/mol. The third-order valence-corrected chi connectivity index (χ3v) is 7.77. The maximum Gasteiger partial charge on any atom is 0.409 e. The highest BCUT2D eigenvalue weighted by molar-refractivity contribution is 5.84. The van der Waals surface area contributed by atoms with Crippen molar-refractivity contribution in [2.45, 2.75) is 70.6 Å². The third kappa shape index (κ3) is 6.58. The second-order valence-corrected chi connectivity index (χ2v) is 10.3. The monoisotopic (exact) mass is 540 g/mol. The molecular weight excluding hydrogens is 500 g/mol. The summed E-state index contributed by atoms with van der Waals surface area (Å²) in [6.45, 7) is 5.07. The van der Waals surface area contributed by atoms with Gasteiger partial charge in [0, 0.05) is 24.8 Å². The highest BCUT2D eigenvalue weighted by Crippen LogP contribution is 2.38. The van der Waals surface area contributed by atoms with Crippen molar-refractivity contribution in [3.63, 3.8) is 0 Å². The molecule has 0 spiro atoms. The molecule has 1 heterocycles. The number of carbonyl (C=O) groups is 2. The molecule has 39 heavy (non-hydrogen) atoms. The van der Waals surface area contributed by atoms with Crippen LogP contribution in [-0.2, 0) is 20.9 Å². The Bertz CT molecular complexity index is 1150. The van der Waals surface area contributed by atoms with Gasteiger partial charge in [-0.1, -0.05) is 12.8 Å². The van der Waals surface area contributed by atoms with Gasteiger partial charge in [0.25, 0.3) is 0 Å². The first-order valence-corrected chi connectivity index (χ1v) is 13.7. The maximum absolute atomic E-state index is 12.5. The number of aliphatic carboxylic acids is 1. The summed E-state index contributed by atoms with van der Waals surface area (Å²) >= 11 is 0. The Hall–Kier alpha value is -3.46. The van der Waals surface area contributed by atoms with Crippen molar-refractivity contribution in [3.8, 4) is 22.6 Å². The van der Waals surface area contributed by atoms with E-state index in [-0.39, 0.29) is 25.6 Å². The van der Waals surface area contributed by atoms with Crippen LogP contribution in [0.1, 0.15) is 56.6 Å². The van der Waals surface area contributed by atoms with Crippen LogP contribution in [0.5, 0.6) is 11.5 Å². The number of amides is 1. The van der Waals surface area contributed by atoms with Crippen molar-refractivity contribution in [3.05, 3.63) is 41.5 Å². The number of rotatable bonds is 10. The van der Waals surface area contributed by atoms with E-state index in [1.807, 2.05) is 37.3 Å². The van der Waals surface area contributed by atoms with E-state index in [9.17, 15) is 14.7 Å². The average Bonchev–Trinajstić information content (AvgIpc) is 3.45. The third-order valence-electron chi connectivity index (χ3n) is 7.77. The standard InChI is InChI=1S/C30H40N2O7/c1-5-38-29(35)32-12-10-30(11-13-32,28(33)34)31-23-14-20(2)27(21-16-25(36-3)18-26(17-21)37-4)22(15-23)19-39-24-8-6-7-9-24/h14-18,24,31H,5-13,19H2,1-4H3,(H,33,34). The number of hydrogen-bond donors (Lipinski definition) is 2. The second-order valence-electron chi connectivity index (χ2n) is 10.3. The summed E-state index contributed by atoms with van der Waals surface area (Å²) < 4.78 is 22.5. The minimum Gasteiger partial charge on any atom is -0.497 e. The smallest absolute Gasteiger partial charge is 0.409 e. The first-order chi connectivity index (χ1) is 18.8. The first kappa shape index (κ1) is 28.5. The summed E-state index contributed by atoms with van der Waals surface area (Å²) in [6, 6.07) is 9.75. The number of nitrogens with one attached hydrogen (secondary N) is 1. The van der Waals surface area contributed by atoms with Crippen LogP contribution in [0.4, 0.5) is 10.5 Å². The molecule has 2 aromatic rings. The van der Waals surface area contributed by atoms with E-state index in [2.05, 4.69) is 5.32 Å². The second kappa shape index (κ2) is 12.6. The van der Waals surface area contributed by atoms with Gasteiger partial charge < -0.3 is 34.3 Å². The topological polar surface area (TPSA) is 107 Å². The molecule has 2 fully saturated rings. The minimum atomic E-state index is -1.19. The van der Waals surface area contributed by atoms with Crippen LogP contribution >= 0.6 is 0 Å². The fourth-order valence-corrected chi connectivity index (χ4v) is 5.63. The Morgan fingerprint density at radius 3 is 2.23 bits per heavy atom. The van der Waals surface area contributed by atoms with Gasteiger partial charge in [0.1, 0.15) is 17.0 Å². The molecule has 1 saturated heterocycles. The van der Waals surface area contributed by atoms with Gasteiger partial charge in [0.2, 0.25) is 0 Å². The van der Waals surface area contributed by atoms with Gasteiger partial charge in [-0.15, -0.1) is 0 Å². The lowest BCUT2D eigenvalue weighted by atomic mass is 9.86. The number of nitrogens with zero attached hydrogens (tertiary/aromatic N) is 1.